The number of nitrogens with one attached hydrogen (secondary N) is 6. The molecule has 0 saturated carbocycles. The number of hydrogen-bond acceptors (Lipinski definition) is 13. The average molecular weight is 911 g/mol. The number of likely N-dealkylation sites (tertiary alicyclic amines) is 1. The maximum absolute atomic E-state index is 13.8. The van der Waals surface area contributed by atoms with E-state index in [9.17, 15) is 53.6 Å². The number of phenolic OH excluding ortho intramolecular Hbond substituents is 1. The van der Waals surface area contributed by atoms with E-state index in [1.165, 1.54) is 24.8 Å². The van der Waals surface area contributed by atoms with Gasteiger partial charge in [0.15, 0.2) is 5.75 Å². The van der Waals surface area contributed by atoms with Crippen LogP contribution in [0.3, 0.4) is 0 Å². The molecule has 7 amide bonds. The quantitative estimate of drug-likeness (QED) is 0.0379. The molecule has 2 aromatic rings. The molecule has 356 valence electrons. The normalized spacial score (nSPS) is 16.7. The van der Waals surface area contributed by atoms with Crippen LogP contribution in [0, 0.1) is 22.0 Å². The van der Waals surface area contributed by atoms with Crippen molar-refractivity contribution in [1.82, 2.24) is 36.8 Å². The van der Waals surface area contributed by atoms with Gasteiger partial charge in [-0.2, -0.15) is 0 Å². The average Bonchev–Trinajstić information content (AvgIpc) is 3.74. The number of aliphatic carboxylic acids is 1. The van der Waals surface area contributed by atoms with Crippen LogP contribution in [0.1, 0.15) is 84.8 Å². The van der Waals surface area contributed by atoms with Crippen LogP contribution in [0.2, 0.25) is 0 Å². The molecule has 0 bridgehead atoms. The predicted molar refractivity (Wildman–Crippen MR) is 236 cm³/mol. The maximum atomic E-state index is 13.8. The van der Waals surface area contributed by atoms with E-state index >= 15 is 0 Å². The molecule has 0 radical (unpaired) electrons. The Balaban J connectivity index is 1.71. The zero-order valence-electron chi connectivity index (χ0n) is 37.4. The molecule has 0 unspecified atom stereocenters. The first-order valence-corrected chi connectivity index (χ1v) is 21.4. The summed E-state index contributed by atoms with van der Waals surface area (Å²) < 4.78 is 0. The number of carbonyl (C=O) groups excluding carboxylic acids is 7. The third kappa shape index (κ3) is 15.1. The van der Waals surface area contributed by atoms with Crippen LogP contribution in [-0.2, 0) is 51.3 Å². The number of nitrogens with two attached hydrogens (primary N) is 2. The molecule has 65 heavy (non-hydrogen) atoms. The van der Waals surface area contributed by atoms with E-state index in [1.54, 1.807) is 19.1 Å². The highest BCUT2D eigenvalue weighted by Gasteiger charge is 2.39. The van der Waals surface area contributed by atoms with E-state index in [2.05, 4.69) is 31.9 Å². The predicted octanol–water partition coefficient (Wildman–Crippen LogP) is 0.0905. The summed E-state index contributed by atoms with van der Waals surface area (Å²) in [7, 11) is 0. The fourth-order valence-corrected chi connectivity index (χ4v) is 7.19. The van der Waals surface area contributed by atoms with Crippen molar-refractivity contribution in [2.45, 2.75) is 129 Å². The number of carboxylic acids is 1. The Morgan fingerprint density at radius 1 is 0.846 bits per heavy atom. The highest BCUT2D eigenvalue weighted by molar-refractivity contribution is 5.97. The molecule has 8 atom stereocenters. The molecule has 1 fully saturated rings. The van der Waals surface area contributed by atoms with E-state index in [-0.39, 0.29) is 36.8 Å². The Morgan fingerprint density at radius 2 is 1.49 bits per heavy atom. The molecular formula is C43H62N10O12. The molecule has 22 nitrogen and oxygen atoms in total. The van der Waals surface area contributed by atoms with Gasteiger partial charge in [-0.15, -0.1) is 0 Å². The van der Waals surface area contributed by atoms with Crippen molar-refractivity contribution in [3.05, 3.63) is 63.7 Å². The number of nitro groups is 1. The van der Waals surface area contributed by atoms with E-state index in [0.717, 1.165) is 17.7 Å². The van der Waals surface area contributed by atoms with Crippen LogP contribution in [0.15, 0.2) is 42.5 Å². The molecule has 3 rings (SSSR count). The number of nitro benzene ring substituents is 1. The number of para-hydroxylation sites is 1. The molecule has 1 aliphatic heterocycles. The zero-order chi connectivity index (χ0) is 48.7. The van der Waals surface area contributed by atoms with E-state index in [4.69, 9.17) is 16.6 Å². The van der Waals surface area contributed by atoms with Crippen LogP contribution in [-0.4, -0.2) is 116 Å². The number of rotatable bonds is 24. The molecule has 22 heteroatoms. The Labute approximate surface area is 376 Å². The third-order valence-electron chi connectivity index (χ3n) is 11.2. The van der Waals surface area contributed by atoms with Crippen LogP contribution < -0.4 is 43.4 Å². The standard InChI is InChI=1S/C43H62N10O12/c1-7-23(4)36(51-41(61)35(22(2)3)46-21-27-11-8-9-12-28(27)44)42(62)47-24(5)38(58)48-25(6)43(63)52-18-10-13-31(52)40(60)50-30(19-26-14-16-33(54)32(20-26)53(64)65)39(59)49-29(37(45)57)15-17-34(55)56/h8-9,11-12,14,16,20,22-25,29-31,35-36,46,54H,7,10,13,15,17-19,21,44H2,1-6H3,(H2,45,57)(H,47,62)(H,48,58)(H,49,59)(H,50,60)(H,51,61)(H,55,56)/t23-,24-,25-,29-,30-,31-,35-,36-/m0/s1. The second kappa shape index (κ2) is 24.3. The van der Waals surface area contributed by atoms with Crippen molar-refractivity contribution >= 4 is 58.7 Å². The van der Waals surface area contributed by atoms with Gasteiger partial charge in [-0.25, -0.2) is 0 Å². The van der Waals surface area contributed by atoms with Crippen molar-refractivity contribution in [3.8, 4) is 5.75 Å². The third-order valence-corrected chi connectivity index (χ3v) is 11.2. The van der Waals surface area contributed by atoms with Gasteiger partial charge >= 0.3 is 11.7 Å². The van der Waals surface area contributed by atoms with E-state index in [1.807, 2.05) is 32.9 Å². The van der Waals surface area contributed by atoms with Crippen LogP contribution >= 0.6 is 0 Å². The Bertz CT molecular complexity index is 2080. The van der Waals surface area contributed by atoms with Gasteiger partial charge < -0.3 is 58.5 Å². The molecule has 2 aromatic carbocycles. The number of nitrogens with zero attached hydrogens (tertiary/aromatic N) is 2. The minimum absolute atomic E-state index is 0.0879. The Kier molecular flexibility index (Phi) is 19.6. The summed E-state index contributed by atoms with van der Waals surface area (Å²) in [5.41, 5.74) is 12.3. The maximum Gasteiger partial charge on any atom is 0.310 e. The lowest BCUT2D eigenvalue weighted by Crippen LogP contribution is -2.60. The topological polar surface area (TPSA) is 348 Å². The van der Waals surface area contributed by atoms with Gasteiger partial charge in [0.25, 0.3) is 0 Å². The van der Waals surface area contributed by atoms with Gasteiger partial charge in [-0.3, -0.25) is 48.5 Å². The molecule has 0 spiro atoms. The summed E-state index contributed by atoms with van der Waals surface area (Å²) in [5.74, 6) is -7.73. The van der Waals surface area contributed by atoms with Crippen molar-refractivity contribution in [1.29, 1.82) is 0 Å². The second-order valence-electron chi connectivity index (χ2n) is 16.6. The van der Waals surface area contributed by atoms with Gasteiger partial charge in [0.2, 0.25) is 41.4 Å². The fourth-order valence-electron chi connectivity index (χ4n) is 7.19. The highest BCUT2D eigenvalue weighted by atomic mass is 16.6. The summed E-state index contributed by atoms with van der Waals surface area (Å²) in [4.78, 5) is 117. The largest absolute Gasteiger partial charge is 0.502 e. The lowest BCUT2D eigenvalue weighted by atomic mass is 9.96. The second-order valence-corrected chi connectivity index (χ2v) is 16.6. The summed E-state index contributed by atoms with van der Waals surface area (Å²) >= 11 is 0. The molecule has 12 N–H and O–H groups in total. The Hall–Kier alpha value is -6.84. The van der Waals surface area contributed by atoms with Crippen LogP contribution in [0.4, 0.5) is 11.4 Å². The van der Waals surface area contributed by atoms with Gasteiger partial charge in [0.1, 0.15) is 36.3 Å². The van der Waals surface area contributed by atoms with Gasteiger partial charge in [-0.1, -0.05) is 58.4 Å². The minimum Gasteiger partial charge on any atom is -0.502 e. The summed E-state index contributed by atoms with van der Waals surface area (Å²) in [5, 5.41) is 46.7. The fraction of sp³-hybridized carbons (Fsp3) is 0.535. The lowest BCUT2D eigenvalue weighted by Gasteiger charge is -2.30. The van der Waals surface area contributed by atoms with Crippen LogP contribution in [0.25, 0.3) is 0 Å². The molecule has 1 aliphatic rings. The first-order valence-electron chi connectivity index (χ1n) is 21.4. The highest BCUT2D eigenvalue weighted by Crippen LogP contribution is 2.27. The van der Waals surface area contributed by atoms with Crippen molar-refractivity contribution in [2.24, 2.45) is 17.6 Å². The Morgan fingerprint density at radius 3 is 2.09 bits per heavy atom. The lowest BCUT2D eigenvalue weighted by molar-refractivity contribution is -0.385. The summed E-state index contributed by atoms with van der Waals surface area (Å²) in [6.45, 7) is 10.6. The number of nitrogen functional groups attached to an aromatic ring is 1. The molecule has 0 aromatic heterocycles. The monoisotopic (exact) mass is 910 g/mol. The van der Waals surface area contributed by atoms with Gasteiger partial charge in [-0.05, 0) is 68.2 Å². The number of primary amides is 1. The van der Waals surface area contributed by atoms with Gasteiger partial charge in [0, 0.05) is 37.7 Å². The number of amides is 7. The number of carbonyl (C=O) groups is 8. The van der Waals surface area contributed by atoms with E-state index < -0.39 is 119 Å². The summed E-state index contributed by atoms with van der Waals surface area (Å²) in [6, 6.07) is 2.28. The molecule has 0 aliphatic carbocycles. The molecular weight excluding hydrogens is 849 g/mol. The van der Waals surface area contributed by atoms with Crippen molar-refractivity contribution < 1.29 is 53.5 Å². The summed E-state index contributed by atoms with van der Waals surface area (Å²) in [6.07, 6.45) is -0.304. The number of aromatic hydroxyl groups is 1. The van der Waals surface area contributed by atoms with Crippen LogP contribution in [0.5, 0.6) is 5.75 Å². The first kappa shape index (κ1) is 52.5. The smallest absolute Gasteiger partial charge is 0.310 e. The minimum atomic E-state index is -1.54. The number of benzene rings is 2. The van der Waals surface area contributed by atoms with Gasteiger partial charge in [0.05, 0.1) is 11.0 Å². The van der Waals surface area contributed by atoms with E-state index in [0.29, 0.717) is 25.1 Å². The van der Waals surface area contributed by atoms with Crippen molar-refractivity contribution in [2.75, 3.05) is 12.3 Å². The molecule has 1 heterocycles. The SMILES string of the molecule is CC[C@H](C)[C@H](NC(=O)[C@@H](NCc1ccccc1N)C(C)C)C(=O)N[C@@H](C)C(=O)N[C@@H](C)C(=O)N1CCC[C@H]1C(=O)N[C@@H](Cc1ccc(O)c([N+](=O)[O-])c1)C(=O)N[C@@H](CCC(=O)O)C(N)=O. The molecule has 1 saturated heterocycles. The first-order chi connectivity index (χ1) is 30.5. The number of phenols is 1. The number of anilines is 1. The zero-order valence-corrected chi connectivity index (χ0v) is 37.4. The number of carboxylic acid groups (broad SMARTS) is 1. The van der Waals surface area contributed by atoms with Crippen molar-refractivity contribution in [3.63, 3.8) is 0 Å². The number of hydrogen-bond donors (Lipinski definition) is 10.